The van der Waals surface area contributed by atoms with Crippen molar-refractivity contribution in [2.24, 2.45) is 0 Å². The van der Waals surface area contributed by atoms with E-state index < -0.39 is 11.5 Å². The number of fused-ring (bicyclic) bond motifs is 1. The van der Waals surface area contributed by atoms with Crippen LogP contribution in [0.1, 0.15) is 75.5 Å². The summed E-state index contributed by atoms with van der Waals surface area (Å²) in [6.45, 7) is 14.6. The van der Waals surface area contributed by atoms with Gasteiger partial charge in [0.25, 0.3) is 5.56 Å². The third-order valence-corrected chi connectivity index (χ3v) is 8.34. The molecule has 0 amide bonds. The molecule has 0 unspecified atom stereocenters. The highest BCUT2D eigenvalue weighted by Crippen LogP contribution is 2.41. The third kappa shape index (κ3) is 6.60. The minimum atomic E-state index is -0.700. The van der Waals surface area contributed by atoms with Crippen LogP contribution in [0, 0.1) is 11.3 Å². The van der Waals surface area contributed by atoms with Crippen molar-refractivity contribution >= 4 is 32.5 Å². The Morgan fingerprint density at radius 2 is 1.43 bits per heavy atom. The van der Waals surface area contributed by atoms with Crippen LogP contribution in [0.3, 0.4) is 0 Å². The number of rotatable bonds is 7. The molecular formula is C36H36N4O5S. The predicted molar refractivity (Wildman–Crippen MR) is 181 cm³/mol. The zero-order valence-electron chi connectivity index (χ0n) is 26.9. The fourth-order valence-corrected chi connectivity index (χ4v) is 5.80. The molecule has 0 radical (unpaired) electrons. The lowest BCUT2D eigenvalue weighted by Crippen LogP contribution is -2.14. The number of aromatic amines is 1. The molecule has 236 valence electrons. The van der Waals surface area contributed by atoms with E-state index in [0.717, 1.165) is 22.5 Å². The molecule has 0 aliphatic rings. The highest BCUT2D eigenvalue weighted by Gasteiger charge is 2.25. The topological polar surface area (TPSA) is 140 Å². The quantitative estimate of drug-likeness (QED) is 0.170. The second-order valence-corrected chi connectivity index (χ2v) is 13.9. The summed E-state index contributed by atoms with van der Waals surface area (Å²) in [6.07, 6.45) is 0. The van der Waals surface area contributed by atoms with E-state index in [2.05, 4.69) is 57.6 Å². The van der Waals surface area contributed by atoms with E-state index in [1.165, 1.54) is 0 Å². The van der Waals surface area contributed by atoms with Gasteiger partial charge in [0.2, 0.25) is 0 Å². The SMILES string of the molecule is CCOC(=O)c1c(N)sc2nc(-c3cc(Oc4ccc(C(C)(C)C)cc4)c(Oc4ccc(C(C)(C)C)cc4)cc3C#N)[nH]c(=O)c12. The Bertz CT molecular complexity index is 2020. The number of anilines is 1. The number of nitrogens with two attached hydrogens (primary N) is 1. The molecule has 0 aliphatic carbocycles. The van der Waals surface area contributed by atoms with Gasteiger partial charge in [-0.3, -0.25) is 4.79 Å². The highest BCUT2D eigenvalue weighted by atomic mass is 32.1. The second kappa shape index (κ2) is 12.3. The van der Waals surface area contributed by atoms with Gasteiger partial charge < -0.3 is 24.9 Å². The van der Waals surface area contributed by atoms with E-state index in [0.29, 0.717) is 28.6 Å². The first-order valence-electron chi connectivity index (χ1n) is 14.8. The summed E-state index contributed by atoms with van der Waals surface area (Å²) in [7, 11) is 0. The van der Waals surface area contributed by atoms with Crippen molar-refractivity contribution in [1.29, 1.82) is 5.26 Å². The number of esters is 1. The number of carbonyl (C=O) groups excluding carboxylic acids is 1. The van der Waals surface area contributed by atoms with Gasteiger partial charge in [0.1, 0.15) is 38.8 Å². The van der Waals surface area contributed by atoms with Gasteiger partial charge in [-0.05, 0) is 59.2 Å². The average Bonchev–Trinajstić information content (AvgIpc) is 3.34. The Kier molecular flexibility index (Phi) is 8.65. The van der Waals surface area contributed by atoms with Gasteiger partial charge in [-0.2, -0.15) is 5.26 Å². The minimum Gasteiger partial charge on any atom is -0.462 e. The van der Waals surface area contributed by atoms with Crippen molar-refractivity contribution in [1.82, 2.24) is 9.97 Å². The first-order valence-corrected chi connectivity index (χ1v) is 15.7. The molecule has 0 saturated carbocycles. The first kappa shape index (κ1) is 32.3. The van der Waals surface area contributed by atoms with E-state index in [4.69, 9.17) is 19.9 Å². The molecule has 9 nitrogen and oxygen atoms in total. The summed E-state index contributed by atoms with van der Waals surface area (Å²) >= 11 is 0.994. The number of ether oxygens (including phenoxy) is 3. The number of thiophene rings is 1. The van der Waals surface area contributed by atoms with Gasteiger partial charge in [-0.25, -0.2) is 9.78 Å². The molecule has 10 heteroatoms. The first-order chi connectivity index (χ1) is 21.7. The van der Waals surface area contributed by atoms with Crippen LogP contribution < -0.4 is 20.8 Å². The fourth-order valence-electron chi connectivity index (χ4n) is 4.87. The molecule has 0 aliphatic heterocycles. The van der Waals surface area contributed by atoms with E-state index in [1.807, 2.05) is 48.5 Å². The van der Waals surface area contributed by atoms with E-state index in [9.17, 15) is 14.9 Å². The number of H-pyrrole nitrogens is 1. The lowest BCUT2D eigenvalue weighted by atomic mass is 9.87. The van der Waals surface area contributed by atoms with Gasteiger partial charge in [-0.15, -0.1) is 0 Å². The van der Waals surface area contributed by atoms with Crippen LogP contribution in [0.5, 0.6) is 23.0 Å². The van der Waals surface area contributed by atoms with Gasteiger partial charge in [0, 0.05) is 11.6 Å². The van der Waals surface area contributed by atoms with Crippen LogP contribution in [0.2, 0.25) is 0 Å². The number of nitriles is 1. The highest BCUT2D eigenvalue weighted by molar-refractivity contribution is 7.22. The monoisotopic (exact) mass is 636 g/mol. The van der Waals surface area contributed by atoms with Crippen LogP contribution in [0.15, 0.2) is 65.5 Å². The number of hydrogen-bond donors (Lipinski definition) is 2. The number of nitrogen functional groups attached to an aromatic ring is 1. The maximum Gasteiger partial charge on any atom is 0.342 e. The van der Waals surface area contributed by atoms with Crippen LogP contribution in [0.25, 0.3) is 21.6 Å². The van der Waals surface area contributed by atoms with Gasteiger partial charge in [0.15, 0.2) is 11.5 Å². The molecule has 3 aromatic carbocycles. The number of nitrogens with one attached hydrogen (secondary N) is 1. The Labute approximate surface area is 271 Å². The standard InChI is InChI=1S/C36H36N4O5S/c1-8-43-34(42)28-29-32(41)39-31(40-33(29)46-30(28)38)25-18-27(45-24-15-11-22(12-16-24)36(5,6)7)26(17-20(25)19-37)44-23-13-9-21(10-14-23)35(2,3)4/h9-18H,8,38H2,1-7H3,(H,39,40,41). The number of carbonyl (C=O) groups is 1. The van der Waals surface area contributed by atoms with E-state index in [1.54, 1.807) is 19.1 Å². The fraction of sp³-hybridized carbons (Fsp3) is 0.278. The molecule has 5 rings (SSSR count). The van der Waals surface area contributed by atoms with E-state index >= 15 is 0 Å². The van der Waals surface area contributed by atoms with Crippen LogP contribution in [-0.2, 0) is 15.6 Å². The smallest absolute Gasteiger partial charge is 0.342 e. The summed E-state index contributed by atoms with van der Waals surface area (Å²) < 4.78 is 17.7. The second-order valence-electron chi connectivity index (χ2n) is 12.9. The Morgan fingerprint density at radius 1 is 0.913 bits per heavy atom. The summed E-state index contributed by atoms with van der Waals surface area (Å²) in [4.78, 5) is 33.4. The third-order valence-electron chi connectivity index (χ3n) is 7.42. The Balaban J connectivity index is 1.63. The Hall–Kier alpha value is -5.14. The summed E-state index contributed by atoms with van der Waals surface area (Å²) in [5.74, 6) is 1.13. The predicted octanol–water partition coefficient (Wildman–Crippen LogP) is 8.46. The summed E-state index contributed by atoms with van der Waals surface area (Å²) in [6, 6.07) is 20.9. The largest absolute Gasteiger partial charge is 0.462 e. The normalized spacial score (nSPS) is 11.7. The van der Waals surface area contributed by atoms with Gasteiger partial charge >= 0.3 is 5.97 Å². The zero-order chi connectivity index (χ0) is 33.4. The number of benzene rings is 3. The molecule has 2 heterocycles. The molecule has 0 bridgehead atoms. The summed E-state index contributed by atoms with van der Waals surface area (Å²) in [5, 5.41) is 10.4. The Morgan fingerprint density at radius 3 is 1.91 bits per heavy atom. The molecule has 46 heavy (non-hydrogen) atoms. The zero-order valence-corrected chi connectivity index (χ0v) is 27.7. The van der Waals surface area contributed by atoms with Crippen molar-refractivity contribution in [3.05, 3.63) is 93.3 Å². The average molecular weight is 637 g/mol. The van der Waals surface area contributed by atoms with Gasteiger partial charge in [0.05, 0.1) is 17.6 Å². The van der Waals surface area contributed by atoms with E-state index in [-0.39, 0.29) is 49.6 Å². The van der Waals surface area contributed by atoms with Crippen molar-refractivity contribution in [3.8, 4) is 40.5 Å². The maximum atomic E-state index is 13.3. The van der Waals surface area contributed by atoms with Crippen LogP contribution in [-0.4, -0.2) is 22.5 Å². The van der Waals surface area contributed by atoms with Gasteiger partial charge in [-0.1, -0.05) is 77.1 Å². The molecule has 0 spiro atoms. The number of hydrogen-bond acceptors (Lipinski definition) is 9. The van der Waals surface area contributed by atoms with Crippen LogP contribution >= 0.6 is 11.3 Å². The summed E-state index contributed by atoms with van der Waals surface area (Å²) in [5.41, 5.74) is 8.22. The molecular weight excluding hydrogens is 600 g/mol. The van der Waals surface area contributed by atoms with Crippen molar-refractivity contribution in [2.75, 3.05) is 12.3 Å². The number of aromatic nitrogens is 2. The van der Waals surface area contributed by atoms with Crippen molar-refractivity contribution in [2.45, 2.75) is 59.3 Å². The van der Waals surface area contributed by atoms with Crippen LogP contribution in [0.4, 0.5) is 5.00 Å². The minimum absolute atomic E-state index is 0.0217. The molecule has 0 atom stereocenters. The molecule has 3 N–H and O–H groups in total. The molecule has 2 aromatic heterocycles. The maximum absolute atomic E-state index is 13.3. The molecule has 0 saturated heterocycles. The lowest BCUT2D eigenvalue weighted by Gasteiger charge is -2.20. The lowest BCUT2D eigenvalue weighted by molar-refractivity contribution is 0.0530. The number of nitrogens with zero attached hydrogens (tertiary/aromatic N) is 2. The van der Waals surface area contributed by atoms with Crippen molar-refractivity contribution < 1.29 is 19.0 Å². The van der Waals surface area contributed by atoms with Crippen molar-refractivity contribution in [3.63, 3.8) is 0 Å². The molecule has 0 fully saturated rings. The molecule has 5 aromatic rings.